The van der Waals surface area contributed by atoms with Crippen LogP contribution in [0.1, 0.15) is 29.9 Å². The third-order valence-corrected chi connectivity index (χ3v) is 5.16. The predicted octanol–water partition coefficient (Wildman–Crippen LogP) is 2.42. The van der Waals surface area contributed by atoms with E-state index in [1.165, 1.54) is 22.3 Å². The van der Waals surface area contributed by atoms with Gasteiger partial charge in [-0.3, -0.25) is 4.79 Å². The first kappa shape index (κ1) is 15.4. The van der Waals surface area contributed by atoms with Gasteiger partial charge < -0.3 is 15.8 Å². The van der Waals surface area contributed by atoms with Crippen LogP contribution in [0, 0.1) is 0 Å². The largest absolute Gasteiger partial charge is 0.463 e. The SMILES string of the molecule is N[C@H](C(=O)OCC1c2ccccc2-c2ccccc21)[C@H]1CCCN1. The van der Waals surface area contributed by atoms with Crippen LogP contribution in [0.4, 0.5) is 0 Å². The molecule has 3 N–H and O–H groups in total. The van der Waals surface area contributed by atoms with Crippen LogP contribution in [0.5, 0.6) is 0 Å². The molecule has 1 aliphatic carbocycles. The summed E-state index contributed by atoms with van der Waals surface area (Å²) in [5.74, 6) is -0.221. The fourth-order valence-electron chi connectivity index (χ4n) is 3.88. The van der Waals surface area contributed by atoms with Crippen molar-refractivity contribution in [1.82, 2.24) is 5.32 Å². The van der Waals surface area contributed by atoms with Crippen LogP contribution >= 0.6 is 0 Å². The summed E-state index contributed by atoms with van der Waals surface area (Å²) in [5.41, 5.74) is 11.0. The van der Waals surface area contributed by atoms with E-state index >= 15 is 0 Å². The molecule has 0 radical (unpaired) electrons. The minimum Gasteiger partial charge on any atom is -0.463 e. The van der Waals surface area contributed by atoms with Crippen LogP contribution in [0.25, 0.3) is 11.1 Å². The summed E-state index contributed by atoms with van der Waals surface area (Å²) in [6, 6.07) is 16.1. The monoisotopic (exact) mass is 322 g/mol. The number of fused-ring (bicyclic) bond motifs is 3. The number of nitrogens with two attached hydrogens (primary N) is 1. The van der Waals surface area contributed by atoms with Crippen molar-refractivity contribution in [1.29, 1.82) is 0 Å². The Hall–Kier alpha value is -2.17. The minimum absolute atomic E-state index is 0.0423. The van der Waals surface area contributed by atoms with Gasteiger partial charge in [0.15, 0.2) is 0 Å². The van der Waals surface area contributed by atoms with Crippen LogP contribution in [-0.2, 0) is 9.53 Å². The first-order valence-electron chi connectivity index (χ1n) is 8.59. The third-order valence-electron chi connectivity index (χ3n) is 5.16. The molecule has 4 heteroatoms. The van der Waals surface area contributed by atoms with Gasteiger partial charge in [-0.15, -0.1) is 0 Å². The molecule has 2 aromatic carbocycles. The summed E-state index contributed by atoms with van der Waals surface area (Å²) in [6.07, 6.45) is 2.00. The van der Waals surface area contributed by atoms with Gasteiger partial charge in [0.05, 0.1) is 0 Å². The number of nitrogens with one attached hydrogen (secondary N) is 1. The van der Waals surface area contributed by atoms with Gasteiger partial charge in [-0.2, -0.15) is 0 Å². The fourth-order valence-corrected chi connectivity index (χ4v) is 3.88. The molecule has 1 aliphatic heterocycles. The van der Waals surface area contributed by atoms with Gasteiger partial charge in [0, 0.05) is 12.0 Å². The van der Waals surface area contributed by atoms with Crippen molar-refractivity contribution in [3.63, 3.8) is 0 Å². The second kappa shape index (κ2) is 6.38. The normalized spacial score (nSPS) is 20.5. The molecule has 2 aromatic rings. The Balaban J connectivity index is 1.51. The number of rotatable bonds is 4. The van der Waals surface area contributed by atoms with E-state index in [2.05, 4.69) is 29.6 Å². The highest BCUT2D eigenvalue weighted by Crippen LogP contribution is 2.44. The number of ether oxygens (including phenoxy) is 1. The molecule has 1 heterocycles. The Morgan fingerprint density at radius 1 is 1.12 bits per heavy atom. The lowest BCUT2D eigenvalue weighted by molar-refractivity contribution is -0.146. The molecule has 1 fully saturated rings. The number of benzene rings is 2. The van der Waals surface area contributed by atoms with Gasteiger partial charge in [0.1, 0.15) is 12.6 Å². The molecule has 2 aliphatic rings. The second-order valence-electron chi connectivity index (χ2n) is 6.59. The number of esters is 1. The first-order valence-corrected chi connectivity index (χ1v) is 8.59. The molecule has 2 atom stereocenters. The lowest BCUT2D eigenvalue weighted by Gasteiger charge is -2.20. The zero-order valence-corrected chi connectivity index (χ0v) is 13.6. The number of carbonyl (C=O) groups excluding carboxylic acids is 1. The van der Waals surface area contributed by atoms with Gasteiger partial charge in [-0.05, 0) is 41.6 Å². The van der Waals surface area contributed by atoms with Gasteiger partial charge in [-0.1, -0.05) is 48.5 Å². The molecule has 0 unspecified atom stereocenters. The van der Waals surface area contributed by atoms with E-state index in [1.54, 1.807) is 0 Å². The Kier molecular flexibility index (Phi) is 4.08. The van der Waals surface area contributed by atoms with Crippen molar-refractivity contribution in [2.24, 2.45) is 5.73 Å². The average Bonchev–Trinajstić information content (AvgIpc) is 3.26. The summed E-state index contributed by atoms with van der Waals surface area (Å²) in [5, 5.41) is 3.27. The molecule has 0 bridgehead atoms. The topological polar surface area (TPSA) is 64.4 Å². The Bertz CT molecular complexity index is 707. The van der Waals surface area contributed by atoms with E-state index in [1.807, 2.05) is 24.3 Å². The summed E-state index contributed by atoms with van der Waals surface area (Å²) in [6.45, 7) is 1.27. The Morgan fingerprint density at radius 2 is 1.75 bits per heavy atom. The van der Waals surface area contributed by atoms with Crippen molar-refractivity contribution >= 4 is 5.97 Å². The molecule has 0 aromatic heterocycles. The lowest BCUT2D eigenvalue weighted by Crippen LogP contribution is -2.47. The maximum atomic E-state index is 12.3. The molecule has 0 saturated carbocycles. The van der Waals surface area contributed by atoms with Crippen molar-refractivity contribution < 1.29 is 9.53 Å². The van der Waals surface area contributed by atoms with Crippen LogP contribution in [0.15, 0.2) is 48.5 Å². The van der Waals surface area contributed by atoms with Gasteiger partial charge in [0.2, 0.25) is 0 Å². The van der Waals surface area contributed by atoms with Gasteiger partial charge in [-0.25, -0.2) is 0 Å². The van der Waals surface area contributed by atoms with E-state index < -0.39 is 6.04 Å². The third kappa shape index (κ3) is 2.62. The molecule has 1 saturated heterocycles. The second-order valence-corrected chi connectivity index (χ2v) is 6.59. The van der Waals surface area contributed by atoms with Crippen molar-refractivity contribution in [3.8, 4) is 11.1 Å². The maximum absolute atomic E-state index is 12.3. The molecule has 0 amide bonds. The summed E-state index contributed by atoms with van der Waals surface area (Å²) < 4.78 is 5.61. The fraction of sp³-hybridized carbons (Fsp3) is 0.350. The first-order chi connectivity index (χ1) is 11.8. The minimum atomic E-state index is -0.584. The Labute approximate surface area is 142 Å². The molecule has 124 valence electrons. The van der Waals surface area contributed by atoms with Crippen LogP contribution in [0.2, 0.25) is 0 Å². The van der Waals surface area contributed by atoms with E-state index in [0.717, 1.165) is 19.4 Å². The highest BCUT2D eigenvalue weighted by Gasteiger charge is 2.32. The molecule has 4 rings (SSSR count). The Morgan fingerprint density at radius 3 is 2.33 bits per heavy atom. The van der Waals surface area contributed by atoms with E-state index in [0.29, 0.717) is 6.61 Å². The summed E-state index contributed by atoms with van der Waals surface area (Å²) in [7, 11) is 0. The predicted molar refractivity (Wildman–Crippen MR) is 93.7 cm³/mol. The smallest absolute Gasteiger partial charge is 0.324 e. The standard InChI is InChI=1S/C20H22N2O2/c21-19(18-10-5-11-22-18)20(23)24-12-17-15-8-3-1-6-13(15)14-7-2-4-9-16(14)17/h1-4,6-9,17-19,22H,5,10-12,21H2/t18-,19+/m1/s1. The molecule has 0 spiro atoms. The maximum Gasteiger partial charge on any atom is 0.324 e. The van der Waals surface area contributed by atoms with E-state index in [4.69, 9.17) is 10.5 Å². The number of carbonyl (C=O) groups is 1. The number of hydrogen-bond acceptors (Lipinski definition) is 4. The van der Waals surface area contributed by atoms with Crippen molar-refractivity contribution in [2.75, 3.05) is 13.2 Å². The highest BCUT2D eigenvalue weighted by atomic mass is 16.5. The zero-order valence-electron chi connectivity index (χ0n) is 13.6. The van der Waals surface area contributed by atoms with Crippen molar-refractivity contribution in [2.45, 2.75) is 30.8 Å². The van der Waals surface area contributed by atoms with Crippen LogP contribution in [-0.4, -0.2) is 31.2 Å². The van der Waals surface area contributed by atoms with Gasteiger partial charge >= 0.3 is 5.97 Å². The average molecular weight is 322 g/mol. The lowest BCUT2D eigenvalue weighted by atomic mass is 9.98. The van der Waals surface area contributed by atoms with Gasteiger partial charge in [0.25, 0.3) is 0 Å². The molecular weight excluding hydrogens is 300 g/mol. The summed E-state index contributed by atoms with van der Waals surface area (Å²) >= 11 is 0. The van der Waals surface area contributed by atoms with Crippen LogP contribution in [0.3, 0.4) is 0 Å². The van der Waals surface area contributed by atoms with Crippen molar-refractivity contribution in [3.05, 3.63) is 59.7 Å². The molecule has 24 heavy (non-hydrogen) atoms. The summed E-state index contributed by atoms with van der Waals surface area (Å²) in [4.78, 5) is 12.3. The van der Waals surface area contributed by atoms with E-state index in [9.17, 15) is 4.79 Å². The van der Waals surface area contributed by atoms with Crippen LogP contribution < -0.4 is 11.1 Å². The number of hydrogen-bond donors (Lipinski definition) is 2. The molecule has 4 nitrogen and oxygen atoms in total. The quantitative estimate of drug-likeness (QED) is 0.849. The van der Waals surface area contributed by atoms with E-state index in [-0.39, 0.29) is 17.9 Å². The molecular formula is C20H22N2O2. The highest BCUT2D eigenvalue weighted by molar-refractivity contribution is 5.80. The zero-order chi connectivity index (χ0) is 16.5.